The van der Waals surface area contributed by atoms with Gasteiger partial charge in [-0.15, -0.1) is 11.3 Å². The van der Waals surface area contributed by atoms with Crippen molar-refractivity contribution in [2.45, 2.75) is 55.2 Å². The lowest BCUT2D eigenvalue weighted by Crippen LogP contribution is -2.38. The molecule has 1 aliphatic rings. The number of nitrogens with one attached hydrogen (secondary N) is 1. The molecule has 1 aliphatic carbocycles. The molecule has 28 heavy (non-hydrogen) atoms. The van der Waals surface area contributed by atoms with Crippen LogP contribution >= 0.6 is 11.3 Å². The van der Waals surface area contributed by atoms with Crippen LogP contribution in [0.5, 0.6) is 0 Å². The van der Waals surface area contributed by atoms with Crippen molar-refractivity contribution in [1.29, 1.82) is 0 Å². The van der Waals surface area contributed by atoms with Crippen LogP contribution in [-0.2, 0) is 21.6 Å². The maximum absolute atomic E-state index is 12.7. The van der Waals surface area contributed by atoms with Crippen LogP contribution in [0.2, 0.25) is 0 Å². The van der Waals surface area contributed by atoms with E-state index in [2.05, 4.69) is 4.72 Å². The van der Waals surface area contributed by atoms with Gasteiger partial charge in [-0.05, 0) is 56.2 Å². The summed E-state index contributed by atoms with van der Waals surface area (Å²) in [6.07, 6.45) is -1.50. The minimum Gasteiger partial charge on any atom is -0.388 e. The van der Waals surface area contributed by atoms with Crippen molar-refractivity contribution in [3.8, 4) is 0 Å². The number of sulfonamides is 1. The molecule has 0 amide bonds. The number of thiophene rings is 1. The molecule has 1 aromatic carbocycles. The zero-order valence-electron chi connectivity index (χ0n) is 15.3. The van der Waals surface area contributed by atoms with Crippen molar-refractivity contribution in [2.75, 3.05) is 6.54 Å². The molecule has 1 saturated carbocycles. The summed E-state index contributed by atoms with van der Waals surface area (Å²) in [5, 5.41) is 9.77. The molecule has 1 atom stereocenters. The average Bonchev–Trinajstić information content (AvgIpc) is 3.30. The topological polar surface area (TPSA) is 66.4 Å². The van der Waals surface area contributed by atoms with Crippen molar-refractivity contribution in [2.24, 2.45) is 0 Å². The smallest absolute Gasteiger partial charge is 0.388 e. The lowest BCUT2D eigenvalue weighted by atomic mass is 9.85. The largest absolute Gasteiger partial charge is 0.416 e. The van der Waals surface area contributed by atoms with Gasteiger partial charge in [0.25, 0.3) is 0 Å². The van der Waals surface area contributed by atoms with Gasteiger partial charge >= 0.3 is 6.18 Å². The highest BCUT2D eigenvalue weighted by Gasteiger charge is 2.38. The molecule has 2 N–H and O–H groups in total. The Morgan fingerprint density at radius 1 is 1.14 bits per heavy atom. The number of rotatable bonds is 6. The van der Waals surface area contributed by atoms with E-state index in [1.807, 2.05) is 12.1 Å². The number of aliphatic hydroxyl groups excluding tert-OH is 1. The van der Waals surface area contributed by atoms with E-state index in [1.165, 1.54) is 11.3 Å². The zero-order valence-corrected chi connectivity index (χ0v) is 16.9. The molecule has 154 valence electrons. The van der Waals surface area contributed by atoms with Gasteiger partial charge in [-0.1, -0.05) is 12.8 Å². The summed E-state index contributed by atoms with van der Waals surface area (Å²) in [4.78, 5) is 1.66. The third-order valence-corrected chi connectivity index (χ3v) is 8.13. The lowest BCUT2D eigenvalue weighted by molar-refractivity contribution is -0.137. The molecule has 1 unspecified atom stereocenters. The number of hydrogen-bond acceptors (Lipinski definition) is 4. The second-order valence-electron chi connectivity index (χ2n) is 7.21. The van der Waals surface area contributed by atoms with Gasteiger partial charge in [-0.2, -0.15) is 13.2 Å². The van der Waals surface area contributed by atoms with Crippen LogP contribution < -0.4 is 4.72 Å². The third kappa shape index (κ3) is 4.42. The van der Waals surface area contributed by atoms with Crippen LogP contribution in [0.1, 0.15) is 54.0 Å². The fraction of sp³-hybridized carbons (Fsp3) is 0.474. The normalized spacial score (nSPS) is 18.3. The summed E-state index contributed by atoms with van der Waals surface area (Å²) in [5.41, 5.74) is -1.24. The fourth-order valence-corrected chi connectivity index (χ4v) is 5.88. The summed E-state index contributed by atoms with van der Waals surface area (Å²) in [6, 6.07) is 7.29. The Labute approximate surface area is 166 Å². The lowest BCUT2D eigenvalue weighted by Gasteiger charge is -2.28. The van der Waals surface area contributed by atoms with E-state index in [4.69, 9.17) is 0 Å². The predicted octanol–water partition coefficient (Wildman–Crippen LogP) is 4.61. The molecule has 0 bridgehead atoms. The van der Waals surface area contributed by atoms with E-state index < -0.39 is 27.9 Å². The van der Waals surface area contributed by atoms with Gasteiger partial charge < -0.3 is 5.11 Å². The van der Waals surface area contributed by atoms with Crippen molar-refractivity contribution in [3.05, 3.63) is 51.7 Å². The minimum atomic E-state index is -4.51. The summed E-state index contributed by atoms with van der Waals surface area (Å²) >= 11 is 1.48. The number of hydrogen-bond donors (Lipinski definition) is 2. The van der Waals surface area contributed by atoms with E-state index in [1.54, 1.807) is 6.92 Å². The Morgan fingerprint density at radius 3 is 2.25 bits per heavy atom. The van der Waals surface area contributed by atoms with Crippen LogP contribution in [0, 0.1) is 0 Å². The fourth-order valence-electron chi connectivity index (χ4n) is 3.56. The molecular formula is C19H22F3NO3S2. The van der Waals surface area contributed by atoms with E-state index in [9.17, 15) is 26.7 Å². The number of halogens is 3. The Balaban J connectivity index is 1.79. The van der Waals surface area contributed by atoms with Crippen LogP contribution in [0.15, 0.2) is 41.3 Å². The molecule has 0 spiro atoms. The summed E-state index contributed by atoms with van der Waals surface area (Å²) in [5.74, 6) is 0. The predicted molar refractivity (Wildman–Crippen MR) is 102 cm³/mol. The quantitative estimate of drug-likeness (QED) is 0.699. The van der Waals surface area contributed by atoms with Crippen molar-refractivity contribution in [3.63, 3.8) is 0 Å². The molecular weight excluding hydrogens is 411 g/mol. The zero-order chi connectivity index (χ0) is 20.6. The average molecular weight is 434 g/mol. The summed E-state index contributed by atoms with van der Waals surface area (Å²) in [6.45, 7) is 1.86. The van der Waals surface area contributed by atoms with Crippen molar-refractivity contribution < 1.29 is 26.7 Å². The summed E-state index contributed by atoms with van der Waals surface area (Å²) in [7, 11) is -3.93. The second-order valence-corrected chi connectivity index (χ2v) is 10.1. The molecule has 0 radical (unpaired) electrons. The Kier molecular flexibility index (Phi) is 5.91. The molecule has 9 heteroatoms. The number of alkyl halides is 3. The standard InChI is InChI=1S/C19H22F3NO3S2/c1-13(24)16-8-9-17(27-16)18(10-2-3-11-18)12-23-28(25,26)15-6-4-14(5-7-15)19(20,21)22/h4-9,13,23-24H,2-3,10-12H2,1H3. The van der Waals surface area contributed by atoms with Crippen LogP contribution in [0.25, 0.3) is 0 Å². The third-order valence-electron chi connectivity index (χ3n) is 5.21. The first-order valence-electron chi connectivity index (χ1n) is 8.99. The highest BCUT2D eigenvalue weighted by Crippen LogP contribution is 2.44. The monoisotopic (exact) mass is 433 g/mol. The maximum Gasteiger partial charge on any atom is 0.416 e. The highest BCUT2D eigenvalue weighted by atomic mass is 32.2. The number of aliphatic hydroxyl groups is 1. The molecule has 1 fully saturated rings. The van der Waals surface area contributed by atoms with Crippen LogP contribution in [0.4, 0.5) is 13.2 Å². The Hall–Kier alpha value is -1.42. The summed E-state index contributed by atoms with van der Waals surface area (Å²) < 4.78 is 65.9. The minimum absolute atomic E-state index is 0.177. The van der Waals surface area contributed by atoms with Gasteiger partial charge in [0.2, 0.25) is 10.0 Å². The first-order valence-corrected chi connectivity index (χ1v) is 11.3. The second kappa shape index (κ2) is 7.78. The van der Waals surface area contributed by atoms with Crippen LogP contribution in [-0.4, -0.2) is 20.1 Å². The van der Waals surface area contributed by atoms with E-state index in [0.717, 1.165) is 59.7 Å². The first-order chi connectivity index (χ1) is 13.0. The highest BCUT2D eigenvalue weighted by molar-refractivity contribution is 7.89. The van der Waals surface area contributed by atoms with Crippen molar-refractivity contribution in [1.82, 2.24) is 4.72 Å². The first kappa shape index (κ1) is 21.3. The number of benzene rings is 1. The van der Waals surface area contributed by atoms with Gasteiger partial charge in [0, 0.05) is 21.7 Å². The molecule has 1 aromatic heterocycles. The van der Waals surface area contributed by atoms with Gasteiger partial charge in [0.05, 0.1) is 16.6 Å². The van der Waals surface area contributed by atoms with E-state index >= 15 is 0 Å². The van der Waals surface area contributed by atoms with E-state index in [-0.39, 0.29) is 16.9 Å². The SMILES string of the molecule is CC(O)c1ccc(C2(CNS(=O)(=O)c3ccc(C(F)(F)F)cc3)CCCC2)s1. The molecule has 4 nitrogen and oxygen atoms in total. The molecule has 0 saturated heterocycles. The van der Waals surface area contributed by atoms with Gasteiger partial charge in [0.15, 0.2) is 0 Å². The Bertz CT molecular complexity index is 913. The molecule has 2 aromatic rings. The molecule has 3 rings (SSSR count). The van der Waals surface area contributed by atoms with E-state index in [0.29, 0.717) is 0 Å². The van der Waals surface area contributed by atoms with Crippen molar-refractivity contribution >= 4 is 21.4 Å². The van der Waals surface area contributed by atoms with Gasteiger partial charge in [-0.25, -0.2) is 13.1 Å². The molecule has 1 heterocycles. The van der Waals surface area contributed by atoms with Crippen LogP contribution in [0.3, 0.4) is 0 Å². The molecule has 0 aliphatic heterocycles. The van der Waals surface area contributed by atoms with Gasteiger partial charge in [-0.3, -0.25) is 0 Å². The maximum atomic E-state index is 12.7. The van der Waals surface area contributed by atoms with Gasteiger partial charge in [0.1, 0.15) is 0 Å². The Morgan fingerprint density at radius 2 is 1.75 bits per heavy atom.